The van der Waals surface area contributed by atoms with Gasteiger partial charge >= 0.3 is 0 Å². The summed E-state index contributed by atoms with van der Waals surface area (Å²) in [7, 11) is 0. The molecule has 0 N–H and O–H groups in total. The molecule has 8 rings (SSSR count). The van der Waals surface area contributed by atoms with Gasteiger partial charge in [0.05, 0.1) is 16.7 Å². The van der Waals surface area contributed by atoms with Crippen molar-refractivity contribution in [1.29, 1.82) is 0 Å². The predicted molar refractivity (Wildman–Crippen MR) is 246 cm³/mol. The van der Waals surface area contributed by atoms with Gasteiger partial charge in [0.25, 0.3) is 6.33 Å². The molecule has 0 saturated carbocycles. The monoisotopic (exact) mass is 994 g/mol. The number of benzene rings is 4. The Labute approximate surface area is 385 Å². The Morgan fingerprint density at radius 3 is 2.00 bits per heavy atom. The Balaban J connectivity index is 0.00000666. The molecule has 61 heavy (non-hydrogen) atoms. The molecule has 0 aliphatic heterocycles. The molecule has 0 fully saturated rings. The van der Waals surface area contributed by atoms with Crippen molar-refractivity contribution in [2.24, 2.45) is 16.2 Å². The molecule has 7 heteroatoms. The molecule has 0 saturated heterocycles. The van der Waals surface area contributed by atoms with Crippen LogP contribution in [-0.2, 0) is 45.6 Å². The van der Waals surface area contributed by atoms with Gasteiger partial charge in [0.15, 0.2) is 0 Å². The third kappa shape index (κ3) is 9.86. The number of ether oxygens (including phenoxy) is 1. The zero-order valence-electron chi connectivity index (χ0n) is 43.3. The first kappa shape index (κ1) is 36.6. The molecule has 0 spiro atoms. The number of fused-ring (bicyclic) bond motifs is 4. The van der Waals surface area contributed by atoms with Crippen LogP contribution < -0.4 is 9.30 Å². The predicted octanol–water partition coefficient (Wildman–Crippen LogP) is 13.0. The average Bonchev–Trinajstić information content (AvgIpc) is 3.78. The van der Waals surface area contributed by atoms with Crippen LogP contribution in [0.4, 0.5) is 0 Å². The molecule has 318 valence electrons. The minimum Gasteiger partial charge on any atom is -0.508 e. The molecular formula is C54H59N5OPt-2. The fourth-order valence-electron chi connectivity index (χ4n) is 7.57. The molecule has 6 nitrogen and oxygen atoms in total. The third-order valence-electron chi connectivity index (χ3n) is 9.89. The van der Waals surface area contributed by atoms with E-state index >= 15 is 0 Å². The van der Waals surface area contributed by atoms with Crippen molar-refractivity contribution in [1.82, 2.24) is 19.1 Å². The summed E-state index contributed by atoms with van der Waals surface area (Å²) in [5, 5.41) is 2.07. The van der Waals surface area contributed by atoms with E-state index in [2.05, 4.69) is 73.0 Å². The summed E-state index contributed by atoms with van der Waals surface area (Å²) in [6.07, 6.45) is 3.09. The second kappa shape index (κ2) is 16.3. The number of para-hydroxylation sites is 1. The SMILES string of the molecule is [2H]C([2H])(c1cc(-[n+]2[c-]n(-c3[c-]c(Oc4[c-]c5c(cc4)c4ccccc4n5-c4cc(C(C)(C)C)ccn4)cnc3)c3ccc(C([2H])([2H])C(C)(C)C)cc32)cc(C([2H])([2H])C(C)(C)C)c1)C(C)(C)C.[Pt]. The molecule has 8 aromatic rings. The summed E-state index contributed by atoms with van der Waals surface area (Å²) in [5.41, 5.74) is 3.76. The standard InChI is InChI=1S/C54H59N5O.Pt/c1-51(2,3)30-36-17-20-47-49(26-36)57(40-24-37(31-52(4,5)6)23-38(25-40)32-53(7,8)9)35-58(47)41-28-43(34-55-33-41)60-42-18-19-45-44-15-13-14-16-46(44)59(48(45)29-42)50-27-39(21-22-56-50)54(10,11)12;/h13-27,33-34H,30-32H2,1-12H3;/q-2;/i30D2,31D2,32D2;. The molecule has 0 bridgehead atoms. The maximum Gasteiger partial charge on any atom is 0.268 e. The van der Waals surface area contributed by atoms with E-state index in [0.717, 1.165) is 33.2 Å². The van der Waals surface area contributed by atoms with E-state index in [1.54, 1.807) is 51.9 Å². The summed E-state index contributed by atoms with van der Waals surface area (Å²) in [6, 6.07) is 33.8. The van der Waals surface area contributed by atoms with Crippen LogP contribution in [0.5, 0.6) is 11.5 Å². The van der Waals surface area contributed by atoms with Gasteiger partial charge in [0.1, 0.15) is 5.82 Å². The molecule has 0 amide bonds. The molecule has 0 unspecified atom stereocenters. The number of imidazole rings is 1. The first-order chi connectivity index (χ1) is 30.5. The minimum absolute atomic E-state index is 0. The maximum atomic E-state index is 9.33. The van der Waals surface area contributed by atoms with Gasteiger partial charge in [-0.15, -0.1) is 23.6 Å². The Bertz CT molecular complexity index is 3120. The first-order valence-corrected chi connectivity index (χ1v) is 20.7. The summed E-state index contributed by atoms with van der Waals surface area (Å²) >= 11 is 0. The van der Waals surface area contributed by atoms with Crippen LogP contribution in [0.1, 0.15) is 114 Å². The zero-order valence-corrected chi connectivity index (χ0v) is 39.5. The fraction of sp³-hybridized carbons (Fsp3) is 0.352. The number of nitrogens with zero attached hydrogens (tertiary/aromatic N) is 5. The van der Waals surface area contributed by atoms with E-state index in [1.165, 1.54) is 0 Å². The van der Waals surface area contributed by atoms with Gasteiger partial charge in [-0.25, -0.2) is 4.98 Å². The van der Waals surface area contributed by atoms with Crippen molar-refractivity contribution in [2.45, 2.75) is 108 Å². The first-order valence-electron chi connectivity index (χ1n) is 23.7. The Kier molecular flexibility index (Phi) is 9.79. The molecule has 0 aliphatic rings. The number of aromatic nitrogens is 5. The smallest absolute Gasteiger partial charge is 0.268 e. The van der Waals surface area contributed by atoms with Gasteiger partial charge in [-0.1, -0.05) is 148 Å². The van der Waals surface area contributed by atoms with Crippen LogP contribution in [0.3, 0.4) is 0 Å². The van der Waals surface area contributed by atoms with Crippen molar-refractivity contribution < 1.29 is 38.6 Å². The molecule has 0 radical (unpaired) electrons. The van der Waals surface area contributed by atoms with E-state index in [-0.39, 0.29) is 26.5 Å². The van der Waals surface area contributed by atoms with Gasteiger partial charge in [-0.05, 0) is 100 Å². The number of hydrogen-bond acceptors (Lipinski definition) is 3. The van der Waals surface area contributed by atoms with E-state index in [4.69, 9.17) is 9.72 Å². The van der Waals surface area contributed by atoms with E-state index in [0.29, 0.717) is 50.6 Å². The van der Waals surface area contributed by atoms with Crippen molar-refractivity contribution in [3.63, 3.8) is 0 Å². The van der Waals surface area contributed by atoms with E-state index < -0.39 is 35.4 Å². The summed E-state index contributed by atoms with van der Waals surface area (Å²) in [6.45, 7) is 23.1. The van der Waals surface area contributed by atoms with Crippen LogP contribution in [0.15, 0.2) is 104 Å². The van der Waals surface area contributed by atoms with Gasteiger partial charge in [-0.3, -0.25) is 4.57 Å². The quantitative estimate of drug-likeness (QED) is 0.113. The summed E-state index contributed by atoms with van der Waals surface area (Å²) in [4.78, 5) is 9.39. The second-order valence-corrected chi connectivity index (χ2v) is 19.8. The second-order valence-electron chi connectivity index (χ2n) is 19.8. The maximum absolute atomic E-state index is 9.33. The molecule has 0 aliphatic carbocycles. The van der Waals surface area contributed by atoms with Crippen LogP contribution in [-0.4, -0.2) is 19.1 Å². The van der Waals surface area contributed by atoms with E-state index in [1.807, 2.05) is 98.8 Å². The van der Waals surface area contributed by atoms with E-state index in [9.17, 15) is 8.22 Å². The minimum atomic E-state index is -1.86. The van der Waals surface area contributed by atoms with Crippen LogP contribution in [0.25, 0.3) is 50.0 Å². The Morgan fingerprint density at radius 1 is 0.656 bits per heavy atom. The van der Waals surface area contributed by atoms with Crippen LogP contribution in [0, 0.1) is 34.7 Å². The molecular weight excluding hydrogens is 930 g/mol. The summed E-state index contributed by atoms with van der Waals surface area (Å²) < 4.78 is 67.9. The summed E-state index contributed by atoms with van der Waals surface area (Å²) in [5.74, 6) is 1.55. The van der Waals surface area contributed by atoms with Crippen molar-refractivity contribution in [3.8, 4) is 28.7 Å². The fourth-order valence-corrected chi connectivity index (χ4v) is 7.57. The van der Waals surface area contributed by atoms with Gasteiger partial charge in [0.2, 0.25) is 0 Å². The van der Waals surface area contributed by atoms with Crippen LogP contribution >= 0.6 is 0 Å². The third-order valence-corrected chi connectivity index (χ3v) is 9.89. The Morgan fingerprint density at radius 2 is 1.33 bits per heavy atom. The van der Waals surface area contributed by atoms with Crippen molar-refractivity contribution in [2.75, 3.05) is 0 Å². The molecule has 4 aromatic heterocycles. The van der Waals surface area contributed by atoms with Gasteiger partial charge < -0.3 is 18.9 Å². The van der Waals surface area contributed by atoms with Crippen molar-refractivity contribution >= 4 is 32.8 Å². The largest absolute Gasteiger partial charge is 0.508 e. The van der Waals surface area contributed by atoms with Gasteiger partial charge in [0, 0.05) is 52.5 Å². The topological polar surface area (TPSA) is 48.8 Å². The molecule has 4 heterocycles. The Hall–Kier alpha value is -5.06. The van der Waals surface area contributed by atoms with Crippen LogP contribution in [0.2, 0.25) is 0 Å². The van der Waals surface area contributed by atoms with Crippen molar-refractivity contribution in [3.05, 3.63) is 144 Å². The number of hydrogen-bond donors (Lipinski definition) is 0. The number of pyridine rings is 2. The normalized spacial score (nSPS) is 14.8. The zero-order chi connectivity index (χ0) is 48.2. The molecule has 4 aromatic carbocycles. The average molecular weight is 995 g/mol. The number of rotatable bonds is 8. The molecule has 0 atom stereocenters. The van der Waals surface area contributed by atoms with Gasteiger partial charge in [-0.2, -0.15) is 6.07 Å².